The molecule has 1 amide bonds. The molecule has 5 rings (SSSR count). The number of rotatable bonds is 4. The van der Waals surface area contributed by atoms with Crippen LogP contribution in [-0.4, -0.2) is 54.9 Å². The standard InChI is InChI=1S/C24H34N6O2/c1-28-14-11-25-22(28)24(32)30-12-6-5-9-20(30)21-26-19-10-13-29(16-18(19)23(31)27-21)15-17-7-3-2-4-8-17/h11,14,17,20H,2-10,12-13,15-16H2,1H3,(H,26,27,31)/t20-/m0/s1. The summed E-state index contributed by atoms with van der Waals surface area (Å²) in [5.41, 5.74) is 1.69. The smallest absolute Gasteiger partial charge is 0.290 e. The second-order valence-electron chi connectivity index (χ2n) is 9.74. The lowest BCUT2D eigenvalue weighted by Gasteiger charge is -2.36. The summed E-state index contributed by atoms with van der Waals surface area (Å²) in [7, 11) is 1.83. The van der Waals surface area contributed by atoms with Gasteiger partial charge in [-0.25, -0.2) is 9.97 Å². The zero-order chi connectivity index (χ0) is 22.1. The lowest BCUT2D eigenvalue weighted by atomic mass is 9.88. The molecule has 8 heteroatoms. The molecule has 1 saturated carbocycles. The van der Waals surface area contributed by atoms with Crippen molar-refractivity contribution < 1.29 is 4.79 Å². The number of hydrogen-bond acceptors (Lipinski definition) is 5. The van der Waals surface area contributed by atoms with Gasteiger partial charge in [0.15, 0.2) is 5.82 Å². The van der Waals surface area contributed by atoms with Gasteiger partial charge in [0.2, 0.25) is 0 Å². The minimum Gasteiger partial charge on any atom is -0.330 e. The molecule has 0 aromatic carbocycles. The number of aromatic amines is 1. The van der Waals surface area contributed by atoms with Gasteiger partial charge in [-0.05, 0) is 38.0 Å². The molecule has 2 aliphatic heterocycles. The minimum atomic E-state index is -0.203. The summed E-state index contributed by atoms with van der Waals surface area (Å²) in [6.07, 6.45) is 13.7. The maximum atomic E-state index is 13.2. The summed E-state index contributed by atoms with van der Waals surface area (Å²) in [4.78, 5) is 42.8. The van der Waals surface area contributed by atoms with E-state index in [1.807, 2.05) is 11.9 Å². The van der Waals surface area contributed by atoms with Gasteiger partial charge in [-0.15, -0.1) is 0 Å². The van der Waals surface area contributed by atoms with E-state index in [4.69, 9.17) is 4.98 Å². The van der Waals surface area contributed by atoms with Gasteiger partial charge in [-0.2, -0.15) is 0 Å². The molecule has 1 aliphatic carbocycles. The van der Waals surface area contributed by atoms with Gasteiger partial charge in [0.25, 0.3) is 11.5 Å². The number of nitrogens with zero attached hydrogens (tertiary/aromatic N) is 5. The number of nitrogens with one attached hydrogen (secondary N) is 1. The highest BCUT2D eigenvalue weighted by molar-refractivity contribution is 5.91. The van der Waals surface area contributed by atoms with E-state index in [1.54, 1.807) is 17.0 Å². The average Bonchev–Trinajstić information content (AvgIpc) is 3.25. The Balaban J connectivity index is 1.35. The largest absolute Gasteiger partial charge is 0.330 e. The van der Waals surface area contributed by atoms with Crippen molar-refractivity contribution in [2.45, 2.75) is 70.4 Å². The van der Waals surface area contributed by atoms with Crippen molar-refractivity contribution in [3.63, 3.8) is 0 Å². The fourth-order valence-electron chi connectivity index (χ4n) is 5.71. The molecule has 0 bridgehead atoms. The van der Waals surface area contributed by atoms with E-state index in [2.05, 4.69) is 14.9 Å². The number of carbonyl (C=O) groups excluding carboxylic acids is 1. The molecule has 1 N–H and O–H groups in total. The van der Waals surface area contributed by atoms with Crippen LogP contribution in [0.25, 0.3) is 0 Å². The second kappa shape index (κ2) is 9.17. The van der Waals surface area contributed by atoms with E-state index in [9.17, 15) is 9.59 Å². The van der Waals surface area contributed by atoms with Gasteiger partial charge in [0.05, 0.1) is 17.3 Å². The topological polar surface area (TPSA) is 87.1 Å². The quantitative estimate of drug-likeness (QED) is 0.793. The van der Waals surface area contributed by atoms with Crippen LogP contribution in [0.1, 0.15) is 85.1 Å². The maximum absolute atomic E-state index is 13.2. The molecule has 8 nitrogen and oxygen atoms in total. The number of amides is 1. The number of carbonyl (C=O) groups is 1. The first-order valence-corrected chi connectivity index (χ1v) is 12.2. The van der Waals surface area contributed by atoms with Crippen molar-refractivity contribution in [1.82, 2.24) is 29.3 Å². The first kappa shape index (κ1) is 21.4. The van der Waals surface area contributed by atoms with Crippen molar-refractivity contribution >= 4 is 5.91 Å². The molecule has 0 unspecified atom stereocenters. The van der Waals surface area contributed by atoms with Crippen LogP contribution in [-0.2, 0) is 20.0 Å². The fraction of sp³-hybridized carbons (Fsp3) is 0.667. The monoisotopic (exact) mass is 438 g/mol. The zero-order valence-corrected chi connectivity index (χ0v) is 19.1. The van der Waals surface area contributed by atoms with Crippen LogP contribution in [0.15, 0.2) is 17.2 Å². The van der Waals surface area contributed by atoms with Crippen molar-refractivity contribution in [3.8, 4) is 0 Å². The highest BCUT2D eigenvalue weighted by atomic mass is 16.2. The Hall–Kier alpha value is -2.48. The molecule has 3 aliphatic rings. The predicted molar refractivity (Wildman–Crippen MR) is 121 cm³/mol. The Morgan fingerprint density at radius 1 is 1.12 bits per heavy atom. The van der Waals surface area contributed by atoms with Crippen LogP contribution >= 0.6 is 0 Å². The number of likely N-dealkylation sites (tertiary alicyclic amines) is 1. The van der Waals surface area contributed by atoms with Crippen LogP contribution in [0, 0.1) is 5.92 Å². The Labute approximate surface area is 189 Å². The molecule has 1 atom stereocenters. The summed E-state index contributed by atoms with van der Waals surface area (Å²) in [5, 5.41) is 0. The first-order chi connectivity index (χ1) is 15.6. The number of fused-ring (bicyclic) bond motifs is 1. The van der Waals surface area contributed by atoms with E-state index < -0.39 is 0 Å². The van der Waals surface area contributed by atoms with Gasteiger partial charge < -0.3 is 14.5 Å². The molecule has 2 aromatic heterocycles. The van der Waals surface area contributed by atoms with Crippen molar-refractivity contribution in [3.05, 3.63) is 45.7 Å². The van der Waals surface area contributed by atoms with E-state index in [1.165, 1.54) is 32.1 Å². The number of hydrogen-bond donors (Lipinski definition) is 1. The van der Waals surface area contributed by atoms with Crippen LogP contribution in [0.3, 0.4) is 0 Å². The van der Waals surface area contributed by atoms with Gasteiger partial charge in [0, 0.05) is 52.0 Å². The molecule has 2 aromatic rings. The lowest BCUT2D eigenvalue weighted by Crippen LogP contribution is -2.42. The Kier molecular flexibility index (Phi) is 6.13. The van der Waals surface area contributed by atoms with Gasteiger partial charge in [0.1, 0.15) is 5.82 Å². The third-order valence-corrected chi connectivity index (χ3v) is 7.50. The predicted octanol–water partition coefficient (Wildman–Crippen LogP) is 2.81. The molecular weight excluding hydrogens is 404 g/mol. The third kappa shape index (κ3) is 4.25. The Bertz CT molecular complexity index is 1020. The van der Waals surface area contributed by atoms with Gasteiger partial charge in [-0.1, -0.05) is 19.3 Å². The molecule has 32 heavy (non-hydrogen) atoms. The SMILES string of the molecule is Cn1ccnc1C(=O)N1CCCC[C@H]1c1nc2c(c(=O)[nH]1)CN(CC1CCCCC1)CC2. The Morgan fingerprint density at radius 2 is 1.94 bits per heavy atom. The molecule has 0 spiro atoms. The van der Waals surface area contributed by atoms with Crippen LogP contribution < -0.4 is 5.56 Å². The summed E-state index contributed by atoms with van der Waals surface area (Å²) < 4.78 is 1.75. The highest BCUT2D eigenvalue weighted by Crippen LogP contribution is 2.31. The highest BCUT2D eigenvalue weighted by Gasteiger charge is 2.33. The lowest BCUT2D eigenvalue weighted by molar-refractivity contribution is 0.0582. The summed E-state index contributed by atoms with van der Waals surface area (Å²) >= 11 is 0. The van der Waals surface area contributed by atoms with Crippen molar-refractivity contribution in [2.75, 3.05) is 19.6 Å². The number of aryl methyl sites for hydroxylation is 1. The molecule has 2 fully saturated rings. The van der Waals surface area contributed by atoms with E-state index in [0.29, 0.717) is 24.7 Å². The maximum Gasteiger partial charge on any atom is 0.290 e. The summed E-state index contributed by atoms with van der Waals surface area (Å²) in [5.74, 6) is 1.73. The van der Waals surface area contributed by atoms with E-state index in [-0.39, 0.29) is 17.5 Å². The molecule has 172 valence electrons. The number of piperidine rings is 1. The van der Waals surface area contributed by atoms with Crippen LogP contribution in [0.5, 0.6) is 0 Å². The molecule has 0 radical (unpaired) electrons. The van der Waals surface area contributed by atoms with Crippen molar-refractivity contribution in [1.29, 1.82) is 0 Å². The summed E-state index contributed by atoms with van der Waals surface area (Å²) in [6.45, 7) is 3.40. The zero-order valence-electron chi connectivity index (χ0n) is 19.1. The van der Waals surface area contributed by atoms with Gasteiger partial charge >= 0.3 is 0 Å². The van der Waals surface area contributed by atoms with Crippen LogP contribution in [0.4, 0.5) is 0 Å². The minimum absolute atomic E-state index is 0.0340. The second-order valence-corrected chi connectivity index (χ2v) is 9.74. The Morgan fingerprint density at radius 3 is 2.72 bits per heavy atom. The number of aromatic nitrogens is 4. The van der Waals surface area contributed by atoms with E-state index >= 15 is 0 Å². The van der Waals surface area contributed by atoms with Crippen molar-refractivity contribution in [2.24, 2.45) is 13.0 Å². The number of H-pyrrole nitrogens is 1. The molecule has 4 heterocycles. The first-order valence-electron chi connectivity index (χ1n) is 12.2. The fourth-order valence-corrected chi connectivity index (χ4v) is 5.71. The van der Waals surface area contributed by atoms with Crippen LogP contribution in [0.2, 0.25) is 0 Å². The average molecular weight is 439 g/mol. The normalized spacial score (nSPS) is 22.7. The number of imidazole rings is 1. The third-order valence-electron chi connectivity index (χ3n) is 7.50. The molecule has 1 saturated heterocycles. The van der Waals surface area contributed by atoms with Gasteiger partial charge in [-0.3, -0.25) is 14.5 Å². The molecular formula is C24H34N6O2. The summed E-state index contributed by atoms with van der Waals surface area (Å²) in [6, 6.07) is -0.203. The van der Waals surface area contributed by atoms with E-state index in [0.717, 1.165) is 55.9 Å².